The molecule has 6 nitrogen and oxygen atoms in total. The van der Waals surface area contributed by atoms with Gasteiger partial charge in [-0.3, -0.25) is 4.68 Å². The van der Waals surface area contributed by atoms with E-state index in [9.17, 15) is 4.79 Å². The van der Waals surface area contributed by atoms with E-state index in [1.54, 1.807) is 12.0 Å². The SMILES string of the molecule is CO[C@@H]1CN(C(=O)OC(C)(C)C)CC[C@@H]1n1nc(Br)c2ccccc21. The highest BCUT2D eigenvalue weighted by atomic mass is 79.9. The molecule has 0 aliphatic carbocycles. The Morgan fingerprint density at radius 2 is 2.04 bits per heavy atom. The van der Waals surface area contributed by atoms with Crippen LogP contribution >= 0.6 is 15.9 Å². The number of methoxy groups -OCH3 is 1. The van der Waals surface area contributed by atoms with E-state index >= 15 is 0 Å². The predicted octanol–water partition coefficient (Wildman–Crippen LogP) is 4.00. The normalized spacial score (nSPS) is 21.6. The lowest BCUT2D eigenvalue weighted by atomic mass is 10.0. The molecule has 0 saturated carbocycles. The summed E-state index contributed by atoms with van der Waals surface area (Å²) in [5.74, 6) is 0. The van der Waals surface area contributed by atoms with Gasteiger partial charge in [-0.1, -0.05) is 18.2 Å². The Morgan fingerprint density at radius 3 is 2.72 bits per heavy atom. The first-order chi connectivity index (χ1) is 11.8. The van der Waals surface area contributed by atoms with Crippen LogP contribution in [0.5, 0.6) is 0 Å². The number of ether oxygens (including phenoxy) is 2. The molecule has 1 aliphatic rings. The van der Waals surface area contributed by atoms with Gasteiger partial charge in [0.25, 0.3) is 0 Å². The monoisotopic (exact) mass is 409 g/mol. The van der Waals surface area contributed by atoms with Crippen LogP contribution in [0.25, 0.3) is 10.9 Å². The number of para-hydroxylation sites is 1. The van der Waals surface area contributed by atoms with Crippen molar-refractivity contribution in [2.24, 2.45) is 0 Å². The van der Waals surface area contributed by atoms with Crippen molar-refractivity contribution in [3.8, 4) is 0 Å². The molecule has 0 bridgehead atoms. The Labute approximate surface area is 156 Å². The van der Waals surface area contributed by atoms with Crippen molar-refractivity contribution < 1.29 is 14.3 Å². The Balaban J connectivity index is 1.82. The molecule has 0 N–H and O–H groups in total. The van der Waals surface area contributed by atoms with Gasteiger partial charge in [0.15, 0.2) is 0 Å². The minimum absolute atomic E-state index is 0.0693. The van der Waals surface area contributed by atoms with E-state index in [2.05, 4.69) is 27.1 Å². The second-order valence-corrected chi connectivity index (χ2v) is 8.06. The first-order valence-corrected chi connectivity index (χ1v) is 9.23. The number of carbonyl (C=O) groups is 1. The van der Waals surface area contributed by atoms with Gasteiger partial charge in [0.1, 0.15) is 10.2 Å². The van der Waals surface area contributed by atoms with Crippen LogP contribution in [-0.2, 0) is 9.47 Å². The highest BCUT2D eigenvalue weighted by Crippen LogP contribution is 2.32. The maximum Gasteiger partial charge on any atom is 0.410 e. The Morgan fingerprint density at radius 1 is 1.32 bits per heavy atom. The molecule has 0 radical (unpaired) electrons. The van der Waals surface area contributed by atoms with E-state index in [1.807, 2.05) is 43.7 Å². The Bertz CT molecular complexity index is 769. The second-order valence-electron chi connectivity index (χ2n) is 7.31. The molecular formula is C18H24BrN3O3. The minimum atomic E-state index is -0.500. The molecule has 0 spiro atoms. The average molecular weight is 410 g/mol. The van der Waals surface area contributed by atoms with Gasteiger partial charge in [-0.15, -0.1) is 0 Å². The van der Waals surface area contributed by atoms with Gasteiger partial charge in [0.2, 0.25) is 0 Å². The summed E-state index contributed by atoms with van der Waals surface area (Å²) < 4.78 is 14.0. The third-order valence-electron chi connectivity index (χ3n) is 4.36. The number of aromatic nitrogens is 2. The number of likely N-dealkylation sites (tertiary alicyclic amines) is 1. The Hall–Kier alpha value is -1.60. The topological polar surface area (TPSA) is 56.6 Å². The number of piperidine rings is 1. The van der Waals surface area contributed by atoms with Crippen LogP contribution in [0, 0.1) is 0 Å². The van der Waals surface area contributed by atoms with Crippen LogP contribution in [0.4, 0.5) is 4.79 Å². The Kier molecular flexibility index (Phi) is 5.06. The molecule has 25 heavy (non-hydrogen) atoms. The lowest BCUT2D eigenvalue weighted by molar-refractivity contribution is -0.0266. The second kappa shape index (κ2) is 6.96. The van der Waals surface area contributed by atoms with Crippen molar-refractivity contribution in [2.75, 3.05) is 20.2 Å². The van der Waals surface area contributed by atoms with Crippen molar-refractivity contribution in [1.82, 2.24) is 14.7 Å². The zero-order chi connectivity index (χ0) is 18.2. The lowest BCUT2D eigenvalue weighted by Gasteiger charge is -2.38. The number of amides is 1. The minimum Gasteiger partial charge on any atom is -0.444 e. The summed E-state index contributed by atoms with van der Waals surface area (Å²) in [7, 11) is 1.68. The zero-order valence-corrected chi connectivity index (χ0v) is 16.6. The predicted molar refractivity (Wildman–Crippen MR) is 99.7 cm³/mol. The first-order valence-electron chi connectivity index (χ1n) is 8.43. The zero-order valence-electron chi connectivity index (χ0n) is 15.0. The van der Waals surface area contributed by atoms with Crippen LogP contribution in [0.15, 0.2) is 28.9 Å². The summed E-state index contributed by atoms with van der Waals surface area (Å²) in [6, 6.07) is 8.17. The fourth-order valence-electron chi connectivity index (χ4n) is 3.21. The van der Waals surface area contributed by atoms with Crippen molar-refractivity contribution in [2.45, 2.75) is 44.9 Å². The first kappa shape index (κ1) is 18.2. The van der Waals surface area contributed by atoms with Crippen LogP contribution < -0.4 is 0 Å². The number of benzene rings is 1. The standard InChI is InChI=1S/C18H24BrN3O3/c1-18(2,3)25-17(23)21-10-9-14(15(11-21)24-4)22-13-8-6-5-7-12(13)16(19)20-22/h5-8,14-15H,9-11H2,1-4H3/t14-,15+/m0/s1. The third-order valence-corrected chi connectivity index (χ3v) is 4.95. The van der Waals surface area contributed by atoms with Gasteiger partial charge in [0, 0.05) is 19.0 Å². The van der Waals surface area contributed by atoms with Gasteiger partial charge < -0.3 is 14.4 Å². The van der Waals surface area contributed by atoms with Crippen molar-refractivity contribution in [3.05, 3.63) is 28.9 Å². The molecule has 2 heterocycles. The van der Waals surface area contributed by atoms with Gasteiger partial charge in [-0.2, -0.15) is 5.10 Å². The molecule has 2 atom stereocenters. The van der Waals surface area contributed by atoms with E-state index in [0.717, 1.165) is 21.9 Å². The molecule has 136 valence electrons. The highest BCUT2D eigenvalue weighted by Gasteiger charge is 2.35. The number of hydrogen-bond donors (Lipinski definition) is 0. The molecule has 1 aliphatic heterocycles. The average Bonchev–Trinajstić information content (AvgIpc) is 2.90. The van der Waals surface area contributed by atoms with Gasteiger partial charge >= 0.3 is 6.09 Å². The van der Waals surface area contributed by atoms with Crippen molar-refractivity contribution >= 4 is 32.9 Å². The molecular weight excluding hydrogens is 386 g/mol. The summed E-state index contributed by atoms with van der Waals surface area (Å²) in [5, 5.41) is 5.74. The van der Waals surface area contributed by atoms with E-state index in [4.69, 9.17) is 9.47 Å². The summed E-state index contributed by atoms with van der Waals surface area (Å²) in [6.45, 7) is 6.73. The van der Waals surface area contributed by atoms with E-state index in [-0.39, 0.29) is 18.2 Å². The van der Waals surface area contributed by atoms with Crippen LogP contribution in [0.2, 0.25) is 0 Å². The van der Waals surface area contributed by atoms with E-state index in [1.165, 1.54) is 0 Å². The number of nitrogens with zero attached hydrogens (tertiary/aromatic N) is 3. The maximum atomic E-state index is 12.4. The highest BCUT2D eigenvalue weighted by molar-refractivity contribution is 9.10. The summed E-state index contributed by atoms with van der Waals surface area (Å²) >= 11 is 3.54. The summed E-state index contributed by atoms with van der Waals surface area (Å²) in [6.07, 6.45) is 0.326. The van der Waals surface area contributed by atoms with Crippen LogP contribution in [0.3, 0.4) is 0 Å². The summed E-state index contributed by atoms with van der Waals surface area (Å²) in [4.78, 5) is 14.1. The van der Waals surface area contributed by atoms with Gasteiger partial charge in [-0.05, 0) is 49.2 Å². The largest absolute Gasteiger partial charge is 0.444 e. The van der Waals surface area contributed by atoms with E-state index in [0.29, 0.717) is 13.1 Å². The molecule has 1 aromatic carbocycles. The number of rotatable bonds is 2. The molecule has 1 saturated heterocycles. The van der Waals surface area contributed by atoms with Crippen LogP contribution in [0.1, 0.15) is 33.2 Å². The molecule has 7 heteroatoms. The van der Waals surface area contributed by atoms with Gasteiger partial charge in [0.05, 0.1) is 24.2 Å². The fraction of sp³-hybridized carbons (Fsp3) is 0.556. The number of fused-ring (bicyclic) bond motifs is 1. The van der Waals surface area contributed by atoms with Crippen molar-refractivity contribution in [1.29, 1.82) is 0 Å². The quantitative estimate of drug-likeness (QED) is 0.751. The van der Waals surface area contributed by atoms with Gasteiger partial charge in [-0.25, -0.2) is 4.79 Å². The number of carbonyl (C=O) groups excluding carboxylic acids is 1. The number of hydrogen-bond acceptors (Lipinski definition) is 4. The molecule has 2 aromatic rings. The van der Waals surface area contributed by atoms with Crippen molar-refractivity contribution in [3.63, 3.8) is 0 Å². The summed E-state index contributed by atoms with van der Waals surface area (Å²) in [5.41, 5.74) is 0.562. The fourth-order valence-corrected chi connectivity index (χ4v) is 3.72. The van der Waals surface area contributed by atoms with E-state index < -0.39 is 5.60 Å². The number of halogens is 1. The maximum absolute atomic E-state index is 12.4. The molecule has 1 amide bonds. The molecule has 3 rings (SSSR count). The third kappa shape index (κ3) is 3.82. The molecule has 0 unspecified atom stereocenters. The van der Waals surface area contributed by atoms with Crippen LogP contribution in [-0.4, -0.2) is 52.7 Å². The molecule has 1 fully saturated rings. The smallest absolute Gasteiger partial charge is 0.410 e. The molecule has 1 aromatic heterocycles. The lowest BCUT2D eigenvalue weighted by Crippen LogP contribution is -2.49.